The van der Waals surface area contributed by atoms with Crippen molar-refractivity contribution in [3.05, 3.63) is 159 Å². The van der Waals surface area contributed by atoms with E-state index >= 15 is 0 Å². The summed E-state index contributed by atoms with van der Waals surface area (Å²) in [7, 11) is 3.20. The minimum Gasteiger partial charge on any atom is -0.497 e. The summed E-state index contributed by atoms with van der Waals surface area (Å²) in [6.45, 7) is -0.165. The fourth-order valence-corrected chi connectivity index (χ4v) is 6.03. The van der Waals surface area contributed by atoms with Crippen molar-refractivity contribution < 1.29 is 33.6 Å². The first-order valence-corrected chi connectivity index (χ1v) is 15.6. The fraction of sp³-hybridized carbons (Fsp3) is 0.216. The third-order valence-corrected chi connectivity index (χ3v) is 8.57. The Labute approximate surface area is 282 Å². The highest BCUT2D eigenvalue weighted by Gasteiger charge is 2.49. The predicted molar refractivity (Wildman–Crippen MR) is 180 cm³/mol. The van der Waals surface area contributed by atoms with E-state index in [0.29, 0.717) is 11.5 Å². The van der Waals surface area contributed by atoms with Crippen LogP contribution in [0.1, 0.15) is 33.3 Å². The normalized spacial score (nSPS) is 19.1. The fourth-order valence-electron chi connectivity index (χ4n) is 5.88. The first-order valence-electron chi connectivity index (χ1n) is 15.2. The van der Waals surface area contributed by atoms with Gasteiger partial charge in [-0.3, -0.25) is 9.55 Å². The number of H-pyrrole nitrogens is 1. The van der Waals surface area contributed by atoms with Gasteiger partial charge < -0.3 is 28.8 Å². The Morgan fingerprint density at radius 2 is 1.38 bits per heavy atom. The van der Waals surface area contributed by atoms with Crippen molar-refractivity contribution in [3.8, 4) is 11.5 Å². The molecule has 5 aromatic rings. The summed E-state index contributed by atoms with van der Waals surface area (Å²) in [6.07, 6.45) is -3.42. The van der Waals surface area contributed by atoms with Gasteiger partial charge in [-0.15, -0.1) is 0 Å². The Morgan fingerprint density at radius 3 is 1.92 bits per heavy atom. The molecule has 4 atom stereocenters. The number of methoxy groups -OCH3 is 2. The van der Waals surface area contributed by atoms with E-state index < -0.39 is 41.8 Å². The molecule has 1 saturated heterocycles. The van der Waals surface area contributed by atoms with Crippen LogP contribution in [0.15, 0.2) is 126 Å². The maximum Gasteiger partial charge on any atom is 0.338 e. The van der Waals surface area contributed by atoms with Crippen LogP contribution < -0.4 is 15.2 Å². The highest BCUT2D eigenvalue weighted by Crippen LogP contribution is 2.43. The molecule has 4 aromatic carbocycles. The number of esters is 1. The van der Waals surface area contributed by atoms with Gasteiger partial charge in [0.05, 0.1) is 26.4 Å². The number of aliphatic hydroxyl groups excluding tert-OH is 1. The maximum absolute atomic E-state index is 13.2. The summed E-state index contributed by atoms with van der Waals surface area (Å²) < 4.78 is 31.4. The molecule has 11 heteroatoms. The maximum atomic E-state index is 13.2. The van der Waals surface area contributed by atoms with Gasteiger partial charge in [-0.1, -0.05) is 85.0 Å². The van der Waals surface area contributed by atoms with Gasteiger partial charge in [0.25, 0.3) is 0 Å². The number of aromatic nitrogens is 2. The van der Waals surface area contributed by atoms with Gasteiger partial charge in [-0.2, -0.15) is 0 Å². The number of hydrogen-bond acceptors (Lipinski definition) is 9. The molecular formula is C37H34N2O8S. The second kappa shape index (κ2) is 14.4. The van der Waals surface area contributed by atoms with Crippen LogP contribution in [0.3, 0.4) is 0 Å². The van der Waals surface area contributed by atoms with Crippen LogP contribution >= 0.6 is 12.2 Å². The number of hydrogen-bond donors (Lipinski definition) is 2. The highest BCUT2D eigenvalue weighted by molar-refractivity contribution is 7.71. The molecule has 1 fully saturated rings. The lowest BCUT2D eigenvalue weighted by atomic mass is 9.80. The average molecular weight is 667 g/mol. The van der Waals surface area contributed by atoms with Crippen LogP contribution in [-0.2, 0) is 19.8 Å². The summed E-state index contributed by atoms with van der Waals surface area (Å²) in [6, 6.07) is 34.6. The van der Waals surface area contributed by atoms with Crippen molar-refractivity contribution in [1.29, 1.82) is 0 Å². The third kappa shape index (κ3) is 6.54. The molecule has 6 rings (SSSR count). The first kappa shape index (κ1) is 32.9. The molecule has 0 spiro atoms. The first-order chi connectivity index (χ1) is 23.3. The molecule has 0 radical (unpaired) electrons. The van der Waals surface area contributed by atoms with E-state index in [0.717, 1.165) is 16.7 Å². The molecule has 1 aromatic heterocycles. The second-order valence-corrected chi connectivity index (χ2v) is 11.6. The number of benzene rings is 4. The van der Waals surface area contributed by atoms with Crippen LogP contribution in [0.4, 0.5) is 0 Å². The van der Waals surface area contributed by atoms with Crippen LogP contribution in [0, 0.1) is 4.64 Å². The van der Waals surface area contributed by atoms with Gasteiger partial charge in [0.2, 0.25) is 0 Å². The highest BCUT2D eigenvalue weighted by atomic mass is 32.1. The molecular weight excluding hydrogens is 632 g/mol. The molecule has 246 valence electrons. The number of aliphatic hydroxyl groups is 1. The van der Waals surface area contributed by atoms with Gasteiger partial charge in [0, 0.05) is 6.20 Å². The van der Waals surface area contributed by atoms with E-state index in [2.05, 4.69) is 4.98 Å². The van der Waals surface area contributed by atoms with Gasteiger partial charge in [-0.05, 0) is 59.2 Å². The average Bonchev–Trinajstić information content (AvgIpc) is 3.43. The van der Waals surface area contributed by atoms with Crippen molar-refractivity contribution in [2.75, 3.05) is 20.8 Å². The lowest BCUT2D eigenvalue weighted by Crippen LogP contribution is -2.41. The monoisotopic (exact) mass is 666 g/mol. The minimum absolute atomic E-state index is 0.165. The van der Waals surface area contributed by atoms with Crippen LogP contribution in [0.25, 0.3) is 0 Å². The van der Waals surface area contributed by atoms with Crippen molar-refractivity contribution in [3.63, 3.8) is 0 Å². The van der Waals surface area contributed by atoms with Gasteiger partial charge in [0.15, 0.2) is 12.3 Å². The Hall–Kier alpha value is -5.07. The molecule has 0 aliphatic carbocycles. The topological polar surface area (TPSA) is 121 Å². The summed E-state index contributed by atoms with van der Waals surface area (Å²) in [5.41, 5.74) is 0.863. The van der Waals surface area contributed by atoms with Crippen LogP contribution in [0.2, 0.25) is 0 Å². The van der Waals surface area contributed by atoms with E-state index in [1.54, 1.807) is 44.6 Å². The minimum atomic E-state index is -1.38. The quantitative estimate of drug-likeness (QED) is 0.108. The van der Waals surface area contributed by atoms with Gasteiger partial charge in [-0.25, -0.2) is 9.59 Å². The van der Waals surface area contributed by atoms with E-state index in [1.807, 2.05) is 78.9 Å². The molecule has 1 aliphatic rings. The predicted octanol–water partition coefficient (Wildman–Crippen LogP) is 5.42. The zero-order valence-corrected chi connectivity index (χ0v) is 27.0. The lowest BCUT2D eigenvalue weighted by molar-refractivity contribution is -0.0962. The molecule has 1 aliphatic heterocycles. The number of nitrogens with one attached hydrogen (secondary N) is 1. The SMILES string of the molecule is COc1ccc(C(OC[C@H]2O[C@@H](n3ccc(=S)[nH]c3=O)C(OC(=O)c3ccccc3)[C@H]2O)(c2ccccc2)c2ccc(OC)cc2)cc1. The number of ether oxygens (including phenoxy) is 5. The summed E-state index contributed by atoms with van der Waals surface area (Å²) in [5.74, 6) is 0.660. The molecule has 2 heterocycles. The number of nitrogens with zero attached hydrogens (tertiary/aromatic N) is 1. The van der Waals surface area contributed by atoms with E-state index in [1.165, 1.54) is 16.8 Å². The van der Waals surface area contributed by atoms with E-state index in [9.17, 15) is 14.7 Å². The number of carbonyl (C=O) groups excluding carboxylic acids is 1. The van der Waals surface area contributed by atoms with Crippen LogP contribution in [0.5, 0.6) is 11.5 Å². The lowest BCUT2D eigenvalue weighted by Gasteiger charge is -2.37. The van der Waals surface area contributed by atoms with E-state index in [-0.39, 0.29) is 16.8 Å². The molecule has 48 heavy (non-hydrogen) atoms. The Morgan fingerprint density at radius 1 is 0.833 bits per heavy atom. The van der Waals surface area contributed by atoms with Gasteiger partial charge >= 0.3 is 11.7 Å². The molecule has 0 bridgehead atoms. The summed E-state index contributed by atoms with van der Waals surface area (Å²) >= 11 is 5.12. The van der Waals surface area contributed by atoms with Crippen molar-refractivity contribution in [2.24, 2.45) is 0 Å². The Bertz CT molecular complexity index is 1900. The Kier molecular flexibility index (Phi) is 9.83. The molecule has 1 unspecified atom stereocenters. The molecule has 10 nitrogen and oxygen atoms in total. The molecule has 2 N–H and O–H groups in total. The standard InChI is InChI=1S/C37H34N2O8S/c1-43-28-17-13-26(14-18-28)37(25-11-7-4-8-12-25,27-15-19-29(44-2)20-16-27)45-23-30-32(40)33(47-35(41)24-9-5-3-6-10-24)34(46-30)39-22-21-31(48)38-36(39)42/h3-22,30,32-34,40H,23H2,1-2H3,(H,38,42,48)/t30-,32+,33?,34-/m1/s1. The van der Waals surface area contributed by atoms with E-state index in [4.69, 9.17) is 35.9 Å². The van der Waals surface area contributed by atoms with Crippen molar-refractivity contribution >= 4 is 18.2 Å². The van der Waals surface area contributed by atoms with Crippen LogP contribution in [-0.4, -0.2) is 59.8 Å². The van der Waals surface area contributed by atoms with Gasteiger partial charge in [0.1, 0.15) is 33.9 Å². The Balaban J connectivity index is 1.40. The summed E-state index contributed by atoms with van der Waals surface area (Å²) in [5, 5.41) is 11.7. The number of rotatable bonds is 11. The molecule has 0 saturated carbocycles. The zero-order chi connectivity index (χ0) is 33.7. The summed E-state index contributed by atoms with van der Waals surface area (Å²) in [4.78, 5) is 28.8. The zero-order valence-electron chi connectivity index (χ0n) is 26.2. The second-order valence-electron chi connectivity index (χ2n) is 11.1. The third-order valence-electron chi connectivity index (χ3n) is 8.33. The largest absolute Gasteiger partial charge is 0.497 e. The van der Waals surface area contributed by atoms with Crippen molar-refractivity contribution in [1.82, 2.24) is 9.55 Å². The van der Waals surface area contributed by atoms with Crippen molar-refractivity contribution in [2.45, 2.75) is 30.1 Å². The number of aromatic amines is 1. The molecule has 0 amide bonds. The number of carbonyl (C=O) groups is 1. The smallest absolute Gasteiger partial charge is 0.338 e.